The molecule has 0 fully saturated rings. The molecule has 3 heteroatoms. The van der Waals surface area contributed by atoms with Crippen molar-refractivity contribution in [3.05, 3.63) is 23.8 Å². The second-order valence-corrected chi connectivity index (χ2v) is 3.25. The summed E-state index contributed by atoms with van der Waals surface area (Å²) in [5, 5.41) is 3.19. The summed E-state index contributed by atoms with van der Waals surface area (Å²) in [6.45, 7) is 4.25. The fourth-order valence-corrected chi connectivity index (χ4v) is 1.16. The highest BCUT2D eigenvalue weighted by molar-refractivity contribution is 5.09. The van der Waals surface area contributed by atoms with Gasteiger partial charge in [0.15, 0.2) is 0 Å². The molecular weight excluding hydrogens is 162 g/mol. The molecule has 0 spiro atoms. The van der Waals surface area contributed by atoms with Crippen molar-refractivity contribution >= 4 is 0 Å². The van der Waals surface area contributed by atoms with Crippen LogP contribution in [0.4, 0.5) is 0 Å². The molecular formula is C10H17N3. The van der Waals surface area contributed by atoms with E-state index in [1.807, 2.05) is 7.05 Å². The second-order valence-electron chi connectivity index (χ2n) is 3.25. The Hall–Kier alpha value is -0.960. The molecule has 0 saturated carbocycles. The summed E-state index contributed by atoms with van der Waals surface area (Å²) < 4.78 is 0. The fourth-order valence-electron chi connectivity index (χ4n) is 1.16. The van der Waals surface area contributed by atoms with Gasteiger partial charge in [0, 0.05) is 23.9 Å². The third kappa shape index (κ3) is 3.11. The summed E-state index contributed by atoms with van der Waals surface area (Å²) in [7, 11) is 1.96. The Labute approximate surface area is 79.6 Å². The predicted molar refractivity (Wildman–Crippen MR) is 53.6 cm³/mol. The molecule has 1 aromatic rings. The quantitative estimate of drug-likeness (QED) is 0.754. The fraction of sp³-hybridized carbons (Fsp3) is 0.600. The molecule has 0 radical (unpaired) electrons. The first-order chi connectivity index (χ1) is 6.26. The van der Waals surface area contributed by atoms with E-state index in [1.54, 1.807) is 6.33 Å². The van der Waals surface area contributed by atoms with Crippen molar-refractivity contribution in [2.75, 3.05) is 7.05 Å². The summed E-state index contributed by atoms with van der Waals surface area (Å²) in [6.07, 6.45) is 3.59. The van der Waals surface area contributed by atoms with E-state index in [1.165, 1.54) is 0 Å². The molecule has 1 aromatic heterocycles. The van der Waals surface area contributed by atoms with Gasteiger partial charge in [0.2, 0.25) is 0 Å². The minimum atomic E-state index is 0.472. The first-order valence-electron chi connectivity index (χ1n) is 4.73. The number of rotatable bonds is 4. The van der Waals surface area contributed by atoms with E-state index in [0.717, 1.165) is 24.2 Å². The maximum atomic E-state index is 4.22. The Morgan fingerprint density at radius 1 is 1.38 bits per heavy atom. The number of likely N-dealkylation sites (N-methyl/N-ethyl adjacent to an activating group) is 1. The van der Waals surface area contributed by atoms with Gasteiger partial charge in [-0.05, 0) is 26.5 Å². The van der Waals surface area contributed by atoms with Crippen molar-refractivity contribution in [2.45, 2.75) is 32.7 Å². The van der Waals surface area contributed by atoms with Crippen molar-refractivity contribution in [3.8, 4) is 0 Å². The van der Waals surface area contributed by atoms with Crippen LogP contribution in [0.5, 0.6) is 0 Å². The molecule has 0 aromatic carbocycles. The number of nitrogens with one attached hydrogen (secondary N) is 1. The van der Waals surface area contributed by atoms with E-state index >= 15 is 0 Å². The zero-order valence-electron chi connectivity index (χ0n) is 8.54. The van der Waals surface area contributed by atoms with Gasteiger partial charge in [-0.3, -0.25) is 0 Å². The Kier molecular flexibility index (Phi) is 3.83. The van der Waals surface area contributed by atoms with Crippen molar-refractivity contribution in [2.24, 2.45) is 0 Å². The van der Waals surface area contributed by atoms with Gasteiger partial charge in [-0.15, -0.1) is 0 Å². The highest BCUT2D eigenvalue weighted by Crippen LogP contribution is 2.01. The first-order valence-corrected chi connectivity index (χ1v) is 4.73. The standard InChI is InChI=1S/C10H17N3/c1-4-9-6-10(13-7-12-9)5-8(2)11-3/h6-8,11H,4-5H2,1-3H3. The van der Waals surface area contributed by atoms with Crippen LogP contribution in [-0.4, -0.2) is 23.1 Å². The van der Waals surface area contributed by atoms with E-state index in [-0.39, 0.29) is 0 Å². The molecule has 0 amide bonds. The van der Waals surface area contributed by atoms with Crippen LogP contribution >= 0.6 is 0 Å². The highest BCUT2D eigenvalue weighted by atomic mass is 14.9. The minimum Gasteiger partial charge on any atom is -0.317 e. The number of hydrogen-bond donors (Lipinski definition) is 1. The van der Waals surface area contributed by atoms with Crippen molar-refractivity contribution < 1.29 is 0 Å². The van der Waals surface area contributed by atoms with Gasteiger partial charge in [-0.1, -0.05) is 6.92 Å². The van der Waals surface area contributed by atoms with E-state index in [2.05, 4.69) is 35.2 Å². The number of nitrogens with zero attached hydrogens (tertiary/aromatic N) is 2. The van der Waals surface area contributed by atoms with Crippen molar-refractivity contribution in [1.29, 1.82) is 0 Å². The van der Waals surface area contributed by atoms with Crippen LogP contribution in [0.25, 0.3) is 0 Å². The Morgan fingerprint density at radius 2 is 2.08 bits per heavy atom. The Morgan fingerprint density at radius 3 is 2.69 bits per heavy atom. The molecule has 0 aliphatic rings. The minimum absolute atomic E-state index is 0.472. The molecule has 1 unspecified atom stereocenters. The van der Waals surface area contributed by atoms with Crippen LogP contribution in [-0.2, 0) is 12.8 Å². The molecule has 0 aliphatic carbocycles. The van der Waals surface area contributed by atoms with E-state index in [9.17, 15) is 0 Å². The summed E-state index contributed by atoms with van der Waals surface area (Å²) in [5.74, 6) is 0. The van der Waals surface area contributed by atoms with Crippen molar-refractivity contribution in [3.63, 3.8) is 0 Å². The molecule has 1 heterocycles. The smallest absolute Gasteiger partial charge is 0.115 e. The van der Waals surface area contributed by atoms with Crippen LogP contribution in [0.3, 0.4) is 0 Å². The van der Waals surface area contributed by atoms with Gasteiger partial charge in [0.25, 0.3) is 0 Å². The maximum Gasteiger partial charge on any atom is 0.115 e. The molecule has 0 saturated heterocycles. The van der Waals surface area contributed by atoms with Crippen LogP contribution in [0, 0.1) is 0 Å². The Bertz CT molecular complexity index is 260. The zero-order chi connectivity index (χ0) is 9.68. The summed E-state index contributed by atoms with van der Waals surface area (Å²) in [4.78, 5) is 8.38. The first kappa shape index (κ1) is 10.1. The van der Waals surface area contributed by atoms with Gasteiger partial charge in [-0.2, -0.15) is 0 Å². The molecule has 1 N–H and O–H groups in total. The van der Waals surface area contributed by atoms with E-state index in [4.69, 9.17) is 0 Å². The molecule has 13 heavy (non-hydrogen) atoms. The molecule has 1 rings (SSSR count). The monoisotopic (exact) mass is 179 g/mol. The van der Waals surface area contributed by atoms with Gasteiger partial charge in [-0.25, -0.2) is 9.97 Å². The predicted octanol–water partition coefficient (Wildman–Crippen LogP) is 1.19. The molecule has 0 bridgehead atoms. The lowest BCUT2D eigenvalue weighted by Gasteiger charge is -2.09. The number of aryl methyl sites for hydroxylation is 1. The van der Waals surface area contributed by atoms with Crippen LogP contribution in [0.1, 0.15) is 25.2 Å². The third-order valence-corrected chi connectivity index (χ3v) is 2.15. The number of aromatic nitrogens is 2. The highest BCUT2D eigenvalue weighted by Gasteiger charge is 2.02. The average Bonchev–Trinajstić information content (AvgIpc) is 2.18. The lowest BCUT2D eigenvalue weighted by atomic mass is 10.1. The van der Waals surface area contributed by atoms with Crippen molar-refractivity contribution in [1.82, 2.24) is 15.3 Å². The maximum absolute atomic E-state index is 4.22. The topological polar surface area (TPSA) is 37.8 Å². The van der Waals surface area contributed by atoms with E-state index in [0.29, 0.717) is 6.04 Å². The van der Waals surface area contributed by atoms with Crippen LogP contribution in [0.2, 0.25) is 0 Å². The third-order valence-electron chi connectivity index (χ3n) is 2.15. The summed E-state index contributed by atoms with van der Waals surface area (Å²) >= 11 is 0. The molecule has 72 valence electrons. The second kappa shape index (κ2) is 4.92. The van der Waals surface area contributed by atoms with Crippen LogP contribution in [0.15, 0.2) is 12.4 Å². The van der Waals surface area contributed by atoms with Gasteiger partial charge in [0.05, 0.1) is 0 Å². The lowest BCUT2D eigenvalue weighted by molar-refractivity contribution is 0.599. The largest absolute Gasteiger partial charge is 0.317 e. The molecule has 3 nitrogen and oxygen atoms in total. The van der Waals surface area contributed by atoms with Gasteiger partial charge >= 0.3 is 0 Å². The zero-order valence-corrected chi connectivity index (χ0v) is 8.54. The Balaban J connectivity index is 2.66. The summed E-state index contributed by atoms with van der Waals surface area (Å²) in [6, 6.07) is 2.55. The average molecular weight is 179 g/mol. The van der Waals surface area contributed by atoms with Crippen LogP contribution < -0.4 is 5.32 Å². The SMILES string of the molecule is CCc1cc(CC(C)NC)ncn1. The molecule has 1 atom stereocenters. The lowest BCUT2D eigenvalue weighted by Crippen LogP contribution is -2.24. The number of hydrogen-bond acceptors (Lipinski definition) is 3. The van der Waals surface area contributed by atoms with E-state index < -0.39 is 0 Å². The summed E-state index contributed by atoms with van der Waals surface area (Å²) in [5.41, 5.74) is 2.24. The molecule has 0 aliphatic heterocycles. The normalized spacial score (nSPS) is 12.8. The van der Waals surface area contributed by atoms with Gasteiger partial charge in [0.1, 0.15) is 6.33 Å². The van der Waals surface area contributed by atoms with Gasteiger partial charge < -0.3 is 5.32 Å².